The second-order valence-corrected chi connectivity index (χ2v) is 10.1. The zero-order valence-corrected chi connectivity index (χ0v) is 20.8. The Labute approximate surface area is 205 Å². The van der Waals surface area contributed by atoms with Gasteiger partial charge in [-0.05, 0) is 32.4 Å². The van der Waals surface area contributed by atoms with Crippen LogP contribution < -0.4 is 5.32 Å². The zero-order valence-electron chi connectivity index (χ0n) is 19.2. The number of carbonyl (C=O) groups excluding carboxylic acids is 1. The topological polar surface area (TPSA) is 198 Å². The third-order valence-corrected chi connectivity index (χ3v) is 7.20. The Morgan fingerprint density at radius 1 is 1.34 bits per heavy atom. The van der Waals surface area contributed by atoms with Crippen LogP contribution in [0.4, 0.5) is 5.82 Å². The Bertz CT molecular complexity index is 1160. The number of nitrogens with one attached hydrogen (secondary N) is 1. The lowest BCUT2D eigenvalue weighted by atomic mass is 10.1. The molecule has 2 aromatic heterocycles. The molecule has 5 unspecified atom stereocenters. The number of imidazole rings is 1. The molecular weight excluding hydrogens is 509 g/mol. The standard InChI is InChI=1S/C19H27ClN5O9P/c1-5-21-14-11-15(24-18(20)23-14)25(8-22-11)16-13(27)12(26)10(34-16)7-33-19(4,35(29,30)31)9(3)17(28)32-6-2/h8,10,12-13,16,26-27H,3,5-7H2,1-2,4H3,(H,21,23,24)(H2,29,30,31). The SMILES string of the molecule is C=C(C(=O)OCC)C(C)(OCC1OC(n2cnc3c(NCC)nc(Cl)nc32)C(O)C1O)P(=O)(O)O. The number of aliphatic hydroxyl groups excluding tert-OH is 2. The Morgan fingerprint density at radius 3 is 2.63 bits per heavy atom. The minimum Gasteiger partial charge on any atom is -0.463 e. The van der Waals surface area contributed by atoms with Gasteiger partial charge in [-0.15, -0.1) is 0 Å². The van der Waals surface area contributed by atoms with Crippen LogP contribution in [-0.2, 0) is 23.6 Å². The Balaban J connectivity index is 1.85. The van der Waals surface area contributed by atoms with Crippen molar-refractivity contribution in [2.24, 2.45) is 0 Å². The molecule has 1 aliphatic heterocycles. The summed E-state index contributed by atoms with van der Waals surface area (Å²) in [6.07, 6.45) is -4.15. The lowest BCUT2D eigenvalue weighted by Crippen LogP contribution is -2.40. The molecule has 2 aromatic rings. The molecular formula is C19H27ClN5O9P. The number of esters is 1. The fourth-order valence-electron chi connectivity index (χ4n) is 3.46. The van der Waals surface area contributed by atoms with E-state index in [2.05, 4.69) is 26.8 Å². The molecule has 16 heteroatoms. The molecule has 5 atom stereocenters. The molecule has 0 saturated carbocycles. The summed E-state index contributed by atoms with van der Waals surface area (Å²) in [5, 5.41) is 21.6. The van der Waals surface area contributed by atoms with Crippen molar-refractivity contribution in [3.63, 3.8) is 0 Å². The molecule has 5 N–H and O–H groups in total. The second-order valence-electron chi connectivity index (χ2n) is 7.78. The molecule has 3 heterocycles. The van der Waals surface area contributed by atoms with E-state index in [9.17, 15) is 29.4 Å². The predicted molar refractivity (Wildman–Crippen MR) is 123 cm³/mol. The molecule has 0 spiro atoms. The summed E-state index contributed by atoms with van der Waals surface area (Å²) < 4.78 is 29.5. The van der Waals surface area contributed by atoms with E-state index in [-0.39, 0.29) is 17.5 Å². The van der Waals surface area contributed by atoms with E-state index >= 15 is 0 Å². The highest BCUT2D eigenvalue weighted by atomic mass is 35.5. The van der Waals surface area contributed by atoms with Crippen LogP contribution in [-0.4, -0.2) is 88.9 Å². The van der Waals surface area contributed by atoms with Gasteiger partial charge in [-0.3, -0.25) is 9.13 Å². The molecule has 1 saturated heterocycles. The maximum atomic E-state index is 12.2. The number of hydrogen-bond donors (Lipinski definition) is 5. The lowest BCUT2D eigenvalue weighted by molar-refractivity contribution is -0.142. The number of halogens is 1. The van der Waals surface area contributed by atoms with Crippen molar-refractivity contribution in [2.75, 3.05) is 25.1 Å². The third kappa shape index (κ3) is 5.20. The Kier molecular flexibility index (Phi) is 8.19. The number of ether oxygens (including phenoxy) is 3. The number of aromatic nitrogens is 4. The van der Waals surface area contributed by atoms with Crippen molar-refractivity contribution >= 4 is 42.1 Å². The van der Waals surface area contributed by atoms with E-state index in [4.69, 9.17) is 25.8 Å². The lowest BCUT2D eigenvalue weighted by Gasteiger charge is -2.32. The van der Waals surface area contributed by atoms with Gasteiger partial charge in [0, 0.05) is 6.54 Å². The summed E-state index contributed by atoms with van der Waals surface area (Å²) in [4.78, 5) is 44.2. The number of carbonyl (C=O) groups is 1. The van der Waals surface area contributed by atoms with Gasteiger partial charge in [0.05, 0.1) is 25.1 Å². The Morgan fingerprint density at radius 2 is 2.03 bits per heavy atom. The van der Waals surface area contributed by atoms with Gasteiger partial charge >= 0.3 is 13.6 Å². The van der Waals surface area contributed by atoms with E-state index < -0.39 is 55.6 Å². The first-order valence-electron chi connectivity index (χ1n) is 10.6. The predicted octanol–water partition coefficient (Wildman–Crippen LogP) is 0.560. The molecule has 0 bridgehead atoms. The molecule has 1 fully saturated rings. The van der Waals surface area contributed by atoms with Crippen molar-refractivity contribution < 1.29 is 43.6 Å². The highest BCUT2D eigenvalue weighted by Gasteiger charge is 2.52. The molecule has 35 heavy (non-hydrogen) atoms. The molecule has 14 nitrogen and oxygen atoms in total. The van der Waals surface area contributed by atoms with E-state index in [1.807, 2.05) is 6.92 Å². The number of nitrogens with zero attached hydrogens (tertiary/aromatic N) is 4. The van der Waals surface area contributed by atoms with Crippen LogP contribution in [0.3, 0.4) is 0 Å². The van der Waals surface area contributed by atoms with E-state index in [1.165, 1.54) is 17.8 Å². The van der Waals surface area contributed by atoms with Crippen LogP contribution in [0.15, 0.2) is 18.5 Å². The number of hydrogen-bond acceptors (Lipinski definition) is 11. The van der Waals surface area contributed by atoms with Crippen molar-refractivity contribution in [2.45, 2.75) is 50.7 Å². The summed E-state index contributed by atoms with van der Waals surface area (Å²) in [6.45, 7) is 7.65. The summed E-state index contributed by atoms with van der Waals surface area (Å²) in [5.41, 5.74) is -0.0456. The third-order valence-electron chi connectivity index (χ3n) is 5.52. The Hall–Kier alpha value is -2.16. The van der Waals surface area contributed by atoms with Crippen molar-refractivity contribution in [1.82, 2.24) is 19.5 Å². The minimum atomic E-state index is -5.10. The van der Waals surface area contributed by atoms with Crippen LogP contribution in [0.5, 0.6) is 0 Å². The number of fused-ring (bicyclic) bond motifs is 1. The van der Waals surface area contributed by atoms with Gasteiger partial charge in [0.25, 0.3) is 0 Å². The van der Waals surface area contributed by atoms with Gasteiger partial charge in [0.2, 0.25) is 5.28 Å². The van der Waals surface area contributed by atoms with E-state index in [0.717, 1.165) is 6.92 Å². The van der Waals surface area contributed by atoms with Crippen LogP contribution >= 0.6 is 19.2 Å². The van der Waals surface area contributed by atoms with E-state index in [1.54, 1.807) is 0 Å². The average molecular weight is 536 g/mol. The normalized spacial score (nSPS) is 24.3. The first kappa shape index (κ1) is 27.4. The molecule has 1 aliphatic rings. The maximum Gasteiger partial charge on any atom is 0.361 e. The smallest absolute Gasteiger partial charge is 0.361 e. The summed E-state index contributed by atoms with van der Waals surface area (Å²) in [7, 11) is -5.10. The van der Waals surface area contributed by atoms with E-state index in [0.29, 0.717) is 17.9 Å². The molecule has 0 aliphatic carbocycles. The van der Waals surface area contributed by atoms with Gasteiger partial charge in [-0.1, -0.05) is 6.58 Å². The van der Waals surface area contributed by atoms with Crippen molar-refractivity contribution in [1.29, 1.82) is 0 Å². The van der Waals surface area contributed by atoms with Crippen molar-refractivity contribution in [3.8, 4) is 0 Å². The average Bonchev–Trinajstić information content (AvgIpc) is 3.32. The van der Waals surface area contributed by atoms with Gasteiger partial charge in [0.1, 0.15) is 18.3 Å². The van der Waals surface area contributed by atoms with Crippen molar-refractivity contribution in [3.05, 3.63) is 23.8 Å². The highest BCUT2D eigenvalue weighted by Crippen LogP contribution is 2.55. The molecule has 0 aromatic carbocycles. The number of aliphatic hydroxyl groups is 2. The second kappa shape index (κ2) is 10.4. The van der Waals surface area contributed by atoms with Crippen LogP contribution in [0.1, 0.15) is 27.0 Å². The number of anilines is 1. The fraction of sp³-hybridized carbons (Fsp3) is 0.579. The molecule has 0 amide bonds. The first-order chi connectivity index (χ1) is 16.4. The van der Waals surface area contributed by atoms with Crippen LogP contribution in [0, 0.1) is 0 Å². The summed E-state index contributed by atoms with van der Waals surface area (Å²) >= 11 is 6.01. The largest absolute Gasteiger partial charge is 0.463 e. The molecule has 194 valence electrons. The summed E-state index contributed by atoms with van der Waals surface area (Å²) in [6, 6.07) is 0. The van der Waals surface area contributed by atoms with Crippen LogP contribution in [0.2, 0.25) is 5.28 Å². The zero-order chi connectivity index (χ0) is 26.1. The quantitative estimate of drug-likeness (QED) is 0.122. The monoisotopic (exact) mass is 535 g/mol. The summed E-state index contributed by atoms with van der Waals surface area (Å²) in [5.74, 6) is -0.689. The van der Waals surface area contributed by atoms with Crippen LogP contribution in [0.25, 0.3) is 11.2 Å². The number of rotatable bonds is 10. The highest BCUT2D eigenvalue weighted by molar-refractivity contribution is 7.53. The van der Waals surface area contributed by atoms with Gasteiger partial charge in [-0.25, -0.2) is 9.78 Å². The molecule has 0 radical (unpaired) electrons. The first-order valence-corrected chi connectivity index (χ1v) is 12.6. The molecule has 3 rings (SSSR count). The van der Waals surface area contributed by atoms with Gasteiger partial charge in [-0.2, -0.15) is 9.97 Å². The van der Waals surface area contributed by atoms with Gasteiger partial charge in [0.15, 0.2) is 28.6 Å². The van der Waals surface area contributed by atoms with Gasteiger partial charge < -0.3 is 39.5 Å². The minimum absolute atomic E-state index is 0.0463. The fourth-order valence-corrected chi connectivity index (χ4v) is 4.31. The maximum absolute atomic E-state index is 12.2.